The van der Waals surface area contributed by atoms with Crippen LogP contribution in [0.3, 0.4) is 0 Å². The van der Waals surface area contributed by atoms with Gasteiger partial charge in [0.2, 0.25) is 11.8 Å². The zero-order valence-corrected chi connectivity index (χ0v) is 10.3. The minimum Gasteiger partial charge on any atom is -0.438 e. The maximum absolute atomic E-state index is 10.9. The molecule has 86 valence electrons. The van der Waals surface area contributed by atoms with Crippen molar-refractivity contribution in [2.24, 2.45) is 5.73 Å². The zero-order chi connectivity index (χ0) is 12.3. The van der Waals surface area contributed by atoms with Crippen molar-refractivity contribution in [1.82, 2.24) is 4.98 Å². The molecule has 2 aromatic rings. The number of halogens is 1. The zero-order valence-electron chi connectivity index (χ0n) is 8.76. The summed E-state index contributed by atoms with van der Waals surface area (Å²) in [7, 11) is 0. The molecule has 0 saturated carbocycles. The summed E-state index contributed by atoms with van der Waals surface area (Å²) in [6.07, 6.45) is 1.64. The molecular weight excluding hydrogens is 284 g/mol. The Kier molecular flexibility index (Phi) is 3.39. The van der Waals surface area contributed by atoms with E-state index in [-0.39, 0.29) is 0 Å². The van der Waals surface area contributed by atoms with Crippen molar-refractivity contribution < 1.29 is 9.53 Å². The van der Waals surface area contributed by atoms with Crippen LogP contribution in [-0.2, 0) is 0 Å². The Morgan fingerprint density at radius 1 is 1.24 bits per heavy atom. The van der Waals surface area contributed by atoms with Gasteiger partial charge < -0.3 is 10.5 Å². The Bertz CT molecular complexity index is 540. The van der Waals surface area contributed by atoms with Gasteiger partial charge in [-0.2, -0.15) is 0 Å². The average molecular weight is 293 g/mol. The fourth-order valence-electron chi connectivity index (χ4n) is 1.25. The number of benzene rings is 1. The van der Waals surface area contributed by atoms with Gasteiger partial charge in [-0.1, -0.05) is 0 Å². The number of hydrogen-bond donors (Lipinski definition) is 1. The van der Waals surface area contributed by atoms with Crippen LogP contribution < -0.4 is 10.5 Å². The highest BCUT2D eigenvalue weighted by molar-refractivity contribution is 9.10. The fraction of sp³-hybridized carbons (Fsp3) is 0. The number of nitrogens with two attached hydrogens (primary N) is 1. The number of nitrogens with zero attached hydrogens (tertiary/aromatic N) is 1. The van der Waals surface area contributed by atoms with Crippen molar-refractivity contribution in [3.05, 3.63) is 52.6 Å². The van der Waals surface area contributed by atoms with E-state index in [1.54, 1.807) is 36.5 Å². The molecule has 0 aliphatic heterocycles. The number of primary amides is 1. The van der Waals surface area contributed by atoms with E-state index < -0.39 is 5.91 Å². The van der Waals surface area contributed by atoms with E-state index in [0.29, 0.717) is 17.2 Å². The van der Waals surface area contributed by atoms with Gasteiger partial charge in [-0.25, -0.2) is 4.98 Å². The van der Waals surface area contributed by atoms with E-state index in [1.807, 2.05) is 6.07 Å². The minimum absolute atomic E-state index is 0.442. The predicted octanol–water partition coefficient (Wildman–Crippen LogP) is 2.74. The van der Waals surface area contributed by atoms with Crippen molar-refractivity contribution in [1.29, 1.82) is 0 Å². The third-order valence-corrected chi connectivity index (χ3v) is 2.68. The van der Waals surface area contributed by atoms with Gasteiger partial charge >= 0.3 is 0 Å². The van der Waals surface area contributed by atoms with Crippen molar-refractivity contribution >= 4 is 21.8 Å². The van der Waals surface area contributed by atoms with Gasteiger partial charge in [-0.3, -0.25) is 4.79 Å². The Hall–Kier alpha value is -1.88. The van der Waals surface area contributed by atoms with Crippen LogP contribution in [0.15, 0.2) is 47.1 Å². The molecule has 0 fully saturated rings. The Morgan fingerprint density at radius 2 is 1.94 bits per heavy atom. The Morgan fingerprint density at radius 3 is 2.53 bits per heavy atom. The number of carbonyl (C=O) groups is 1. The topological polar surface area (TPSA) is 65.2 Å². The molecule has 1 heterocycles. The molecule has 1 aromatic carbocycles. The van der Waals surface area contributed by atoms with Gasteiger partial charge in [0.25, 0.3) is 0 Å². The largest absolute Gasteiger partial charge is 0.438 e. The highest BCUT2D eigenvalue weighted by Crippen LogP contribution is 2.26. The average Bonchev–Trinajstić information content (AvgIpc) is 2.33. The van der Waals surface area contributed by atoms with Crippen LogP contribution in [0.5, 0.6) is 11.6 Å². The lowest BCUT2D eigenvalue weighted by Gasteiger charge is -2.06. The molecule has 0 atom stereocenters. The number of ether oxygens (including phenoxy) is 1. The van der Waals surface area contributed by atoms with Gasteiger partial charge in [-0.15, -0.1) is 0 Å². The Balaban J connectivity index is 2.20. The summed E-state index contributed by atoms with van der Waals surface area (Å²) in [5, 5.41) is 0. The van der Waals surface area contributed by atoms with Crippen molar-refractivity contribution in [2.45, 2.75) is 0 Å². The molecule has 2 rings (SSSR count). The molecule has 0 spiro atoms. The summed E-state index contributed by atoms with van der Waals surface area (Å²) in [5.41, 5.74) is 5.58. The smallest absolute Gasteiger partial charge is 0.248 e. The number of hydrogen-bond acceptors (Lipinski definition) is 3. The second-order valence-electron chi connectivity index (χ2n) is 3.28. The minimum atomic E-state index is -0.462. The molecule has 17 heavy (non-hydrogen) atoms. The number of amides is 1. The molecule has 0 saturated heterocycles. The third kappa shape index (κ3) is 2.82. The highest BCUT2D eigenvalue weighted by atomic mass is 79.9. The van der Waals surface area contributed by atoms with E-state index in [9.17, 15) is 4.79 Å². The molecule has 0 aliphatic carbocycles. The lowest BCUT2D eigenvalue weighted by atomic mass is 10.2. The summed E-state index contributed by atoms with van der Waals surface area (Å²) >= 11 is 3.33. The van der Waals surface area contributed by atoms with E-state index in [1.165, 1.54) is 0 Å². The van der Waals surface area contributed by atoms with Crippen molar-refractivity contribution in [3.8, 4) is 11.6 Å². The van der Waals surface area contributed by atoms with Crippen molar-refractivity contribution in [2.75, 3.05) is 0 Å². The number of aromatic nitrogens is 1. The summed E-state index contributed by atoms with van der Waals surface area (Å²) in [5.74, 6) is 0.601. The molecule has 0 aliphatic rings. The first-order valence-electron chi connectivity index (χ1n) is 4.85. The standard InChI is InChI=1S/C12H9BrN2O2/c13-10-2-1-7-15-12(10)17-9-5-3-8(4-6-9)11(14)16/h1-7H,(H2,14,16). The SMILES string of the molecule is NC(=O)c1ccc(Oc2ncccc2Br)cc1. The molecule has 0 radical (unpaired) electrons. The van der Waals surface area contributed by atoms with E-state index in [2.05, 4.69) is 20.9 Å². The van der Waals surface area contributed by atoms with Crippen LogP contribution in [-0.4, -0.2) is 10.9 Å². The first-order valence-corrected chi connectivity index (χ1v) is 5.64. The maximum Gasteiger partial charge on any atom is 0.248 e. The second kappa shape index (κ2) is 4.97. The molecular formula is C12H9BrN2O2. The number of pyridine rings is 1. The molecule has 0 unspecified atom stereocenters. The van der Waals surface area contributed by atoms with Gasteiger partial charge in [0.05, 0.1) is 4.47 Å². The first kappa shape index (κ1) is 11.6. The first-order chi connectivity index (χ1) is 8.16. The van der Waals surface area contributed by atoms with Crippen LogP contribution in [0.1, 0.15) is 10.4 Å². The van der Waals surface area contributed by atoms with E-state index >= 15 is 0 Å². The predicted molar refractivity (Wildman–Crippen MR) is 67.0 cm³/mol. The maximum atomic E-state index is 10.9. The van der Waals surface area contributed by atoms with E-state index in [0.717, 1.165) is 4.47 Å². The Labute approximate surface area is 107 Å². The summed E-state index contributed by atoms with van der Waals surface area (Å²) in [6.45, 7) is 0. The van der Waals surface area contributed by atoms with Crippen LogP contribution in [0, 0.1) is 0 Å². The van der Waals surface area contributed by atoms with Gasteiger partial charge in [-0.05, 0) is 52.3 Å². The summed E-state index contributed by atoms with van der Waals surface area (Å²) in [6, 6.07) is 10.2. The lowest BCUT2D eigenvalue weighted by molar-refractivity contribution is 0.100. The molecule has 5 heteroatoms. The normalized spacial score (nSPS) is 9.94. The second-order valence-corrected chi connectivity index (χ2v) is 4.14. The summed E-state index contributed by atoms with van der Waals surface area (Å²) < 4.78 is 6.30. The highest BCUT2D eigenvalue weighted by Gasteiger charge is 2.04. The van der Waals surface area contributed by atoms with Gasteiger partial charge in [0.1, 0.15) is 5.75 Å². The quantitative estimate of drug-likeness (QED) is 0.946. The number of rotatable bonds is 3. The summed E-state index contributed by atoms with van der Waals surface area (Å²) in [4.78, 5) is 15.0. The molecule has 0 bridgehead atoms. The van der Waals surface area contributed by atoms with Gasteiger partial charge in [0.15, 0.2) is 0 Å². The van der Waals surface area contributed by atoms with Gasteiger partial charge in [0, 0.05) is 11.8 Å². The van der Waals surface area contributed by atoms with Crippen LogP contribution in [0.4, 0.5) is 0 Å². The van der Waals surface area contributed by atoms with Crippen LogP contribution >= 0.6 is 15.9 Å². The number of carbonyl (C=O) groups excluding carboxylic acids is 1. The molecule has 2 N–H and O–H groups in total. The third-order valence-electron chi connectivity index (χ3n) is 2.08. The molecule has 1 aromatic heterocycles. The molecule has 1 amide bonds. The van der Waals surface area contributed by atoms with Crippen LogP contribution in [0.2, 0.25) is 0 Å². The van der Waals surface area contributed by atoms with E-state index in [4.69, 9.17) is 10.5 Å². The molecule has 4 nitrogen and oxygen atoms in total. The fourth-order valence-corrected chi connectivity index (χ4v) is 1.58. The van der Waals surface area contributed by atoms with Crippen LogP contribution in [0.25, 0.3) is 0 Å². The van der Waals surface area contributed by atoms with Crippen molar-refractivity contribution in [3.63, 3.8) is 0 Å². The monoisotopic (exact) mass is 292 g/mol. The lowest BCUT2D eigenvalue weighted by Crippen LogP contribution is -2.10.